The Labute approximate surface area is 102 Å². The zero-order valence-electron chi connectivity index (χ0n) is 7.93. The van der Waals surface area contributed by atoms with E-state index in [9.17, 15) is 4.79 Å². The van der Waals surface area contributed by atoms with Crippen molar-refractivity contribution in [2.75, 3.05) is 6.61 Å². The van der Waals surface area contributed by atoms with Crippen LogP contribution in [0.5, 0.6) is 5.75 Å². The van der Waals surface area contributed by atoms with Crippen LogP contribution in [0.25, 0.3) is 0 Å². The molecular weight excluding hydrogens is 314 g/mol. The standard InChI is InChI=1S/C10H10ClIO2/c1-3-14-9-5-7(11)4-8(6(2)13)10(9)12/h4-5H,3H2,1-2H3. The molecule has 1 aromatic rings. The van der Waals surface area contributed by atoms with Gasteiger partial charge in [-0.3, -0.25) is 4.79 Å². The fourth-order valence-corrected chi connectivity index (χ4v) is 2.14. The Morgan fingerprint density at radius 3 is 2.71 bits per heavy atom. The van der Waals surface area contributed by atoms with Gasteiger partial charge in [-0.15, -0.1) is 0 Å². The molecule has 0 aliphatic heterocycles. The summed E-state index contributed by atoms with van der Waals surface area (Å²) in [6.45, 7) is 3.97. The maximum Gasteiger partial charge on any atom is 0.161 e. The lowest BCUT2D eigenvalue weighted by Gasteiger charge is -2.09. The van der Waals surface area contributed by atoms with Crippen molar-refractivity contribution in [2.24, 2.45) is 0 Å². The first-order chi connectivity index (χ1) is 6.56. The smallest absolute Gasteiger partial charge is 0.161 e. The van der Waals surface area contributed by atoms with E-state index < -0.39 is 0 Å². The van der Waals surface area contributed by atoms with Gasteiger partial charge in [0.05, 0.1) is 10.2 Å². The number of halogens is 2. The first-order valence-corrected chi connectivity index (χ1v) is 5.64. The Morgan fingerprint density at radius 1 is 1.57 bits per heavy atom. The zero-order valence-corrected chi connectivity index (χ0v) is 10.8. The second-order valence-corrected chi connectivity index (χ2v) is 4.27. The van der Waals surface area contributed by atoms with Crippen LogP contribution in [0.1, 0.15) is 24.2 Å². The minimum atomic E-state index is -0.00199. The van der Waals surface area contributed by atoms with Crippen LogP contribution in [-0.4, -0.2) is 12.4 Å². The number of rotatable bonds is 3. The molecule has 1 rings (SSSR count). The fraction of sp³-hybridized carbons (Fsp3) is 0.300. The lowest BCUT2D eigenvalue weighted by Crippen LogP contribution is -2.01. The fourth-order valence-electron chi connectivity index (χ4n) is 1.08. The second-order valence-electron chi connectivity index (χ2n) is 2.75. The summed E-state index contributed by atoms with van der Waals surface area (Å²) in [6, 6.07) is 3.38. The number of benzene rings is 1. The number of ketones is 1. The lowest BCUT2D eigenvalue weighted by atomic mass is 10.1. The molecule has 0 heterocycles. The van der Waals surface area contributed by atoms with Crippen molar-refractivity contribution in [2.45, 2.75) is 13.8 Å². The average molecular weight is 325 g/mol. The molecule has 0 spiro atoms. The monoisotopic (exact) mass is 324 g/mol. The van der Waals surface area contributed by atoms with Crippen LogP contribution in [0, 0.1) is 3.57 Å². The SMILES string of the molecule is CCOc1cc(Cl)cc(C(C)=O)c1I. The van der Waals surface area contributed by atoms with Gasteiger partial charge in [-0.1, -0.05) is 11.6 Å². The molecule has 0 amide bonds. The second kappa shape index (κ2) is 4.98. The van der Waals surface area contributed by atoms with E-state index in [1.807, 2.05) is 6.92 Å². The van der Waals surface area contributed by atoms with Gasteiger partial charge in [0.1, 0.15) is 5.75 Å². The summed E-state index contributed by atoms with van der Waals surface area (Å²) >= 11 is 7.96. The van der Waals surface area contributed by atoms with E-state index in [0.717, 1.165) is 3.57 Å². The van der Waals surface area contributed by atoms with Gasteiger partial charge in [-0.05, 0) is 48.6 Å². The van der Waals surface area contributed by atoms with Crippen molar-refractivity contribution < 1.29 is 9.53 Å². The number of ether oxygens (including phenoxy) is 1. The third-order valence-corrected chi connectivity index (χ3v) is 3.01. The van der Waals surface area contributed by atoms with Crippen LogP contribution in [0.4, 0.5) is 0 Å². The Morgan fingerprint density at radius 2 is 2.21 bits per heavy atom. The third kappa shape index (κ3) is 2.60. The van der Waals surface area contributed by atoms with Crippen molar-refractivity contribution in [1.82, 2.24) is 0 Å². The van der Waals surface area contributed by atoms with E-state index in [0.29, 0.717) is 22.9 Å². The molecule has 0 atom stereocenters. The van der Waals surface area contributed by atoms with Crippen LogP contribution in [0.15, 0.2) is 12.1 Å². The first kappa shape index (κ1) is 11.8. The molecule has 76 valence electrons. The largest absolute Gasteiger partial charge is 0.493 e. The highest BCUT2D eigenvalue weighted by Gasteiger charge is 2.11. The summed E-state index contributed by atoms with van der Waals surface area (Å²) in [6.07, 6.45) is 0. The van der Waals surface area contributed by atoms with E-state index in [-0.39, 0.29) is 5.78 Å². The summed E-state index contributed by atoms with van der Waals surface area (Å²) in [7, 11) is 0. The van der Waals surface area contributed by atoms with Crippen LogP contribution in [0.2, 0.25) is 5.02 Å². The van der Waals surface area contributed by atoms with Crippen molar-refractivity contribution in [3.8, 4) is 5.75 Å². The highest BCUT2D eigenvalue weighted by atomic mass is 127. The van der Waals surface area contributed by atoms with Gasteiger partial charge in [0.2, 0.25) is 0 Å². The molecule has 0 aromatic heterocycles. The molecule has 0 saturated carbocycles. The number of hydrogen-bond acceptors (Lipinski definition) is 2. The first-order valence-electron chi connectivity index (χ1n) is 4.19. The molecule has 0 bridgehead atoms. The third-order valence-electron chi connectivity index (χ3n) is 1.68. The van der Waals surface area contributed by atoms with Crippen molar-refractivity contribution in [1.29, 1.82) is 0 Å². The van der Waals surface area contributed by atoms with Crippen LogP contribution in [-0.2, 0) is 0 Å². The Kier molecular flexibility index (Phi) is 4.19. The molecule has 4 heteroatoms. The minimum Gasteiger partial charge on any atom is -0.493 e. The molecule has 0 saturated heterocycles. The maximum atomic E-state index is 11.3. The Bertz CT molecular complexity index is 363. The highest BCUT2D eigenvalue weighted by molar-refractivity contribution is 14.1. The Balaban J connectivity index is 3.24. The average Bonchev–Trinajstić information content (AvgIpc) is 2.10. The molecule has 0 N–H and O–H groups in total. The van der Waals surface area contributed by atoms with Crippen molar-refractivity contribution >= 4 is 40.0 Å². The van der Waals surface area contributed by atoms with E-state index in [1.54, 1.807) is 12.1 Å². The van der Waals surface area contributed by atoms with Gasteiger partial charge in [-0.2, -0.15) is 0 Å². The number of hydrogen-bond donors (Lipinski definition) is 0. The van der Waals surface area contributed by atoms with Gasteiger partial charge >= 0.3 is 0 Å². The van der Waals surface area contributed by atoms with Gasteiger partial charge in [-0.25, -0.2) is 0 Å². The summed E-state index contributed by atoms with van der Waals surface area (Å²) in [5, 5.41) is 0.527. The van der Waals surface area contributed by atoms with Gasteiger partial charge in [0.25, 0.3) is 0 Å². The minimum absolute atomic E-state index is 0.00199. The van der Waals surface area contributed by atoms with Crippen LogP contribution >= 0.6 is 34.2 Å². The number of Topliss-reactive ketones (excluding diaryl/α,β-unsaturated/α-hetero) is 1. The van der Waals surface area contributed by atoms with E-state index in [1.165, 1.54) is 6.92 Å². The quantitative estimate of drug-likeness (QED) is 0.628. The van der Waals surface area contributed by atoms with Crippen molar-refractivity contribution in [3.63, 3.8) is 0 Å². The molecule has 2 nitrogen and oxygen atoms in total. The zero-order chi connectivity index (χ0) is 10.7. The predicted molar refractivity (Wildman–Crippen MR) is 65.3 cm³/mol. The van der Waals surface area contributed by atoms with Gasteiger partial charge in [0, 0.05) is 10.6 Å². The predicted octanol–water partition coefficient (Wildman–Crippen LogP) is 3.55. The molecule has 0 fully saturated rings. The van der Waals surface area contributed by atoms with E-state index >= 15 is 0 Å². The molecule has 0 unspecified atom stereocenters. The van der Waals surface area contributed by atoms with Gasteiger partial charge < -0.3 is 4.74 Å². The molecule has 14 heavy (non-hydrogen) atoms. The molecule has 0 aliphatic rings. The Hall–Kier alpha value is -0.290. The molecule has 0 radical (unpaired) electrons. The highest BCUT2D eigenvalue weighted by Crippen LogP contribution is 2.29. The summed E-state index contributed by atoms with van der Waals surface area (Å²) in [4.78, 5) is 11.3. The van der Waals surface area contributed by atoms with Gasteiger partial charge in [0.15, 0.2) is 5.78 Å². The van der Waals surface area contributed by atoms with Crippen LogP contribution < -0.4 is 4.74 Å². The topological polar surface area (TPSA) is 26.3 Å². The van der Waals surface area contributed by atoms with E-state index in [4.69, 9.17) is 16.3 Å². The molecule has 0 aliphatic carbocycles. The van der Waals surface area contributed by atoms with Crippen molar-refractivity contribution in [3.05, 3.63) is 26.3 Å². The summed E-state index contributed by atoms with van der Waals surface area (Å²) < 4.78 is 6.18. The normalized spacial score (nSPS) is 10.0. The van der Waals surface area contributed by atoms with E-state index in [2.05, 4.69) is 22.6 Å². The molecule has 1 aromatic carbocycles. The number of carbonyl (C=O) groups excluding carboxylic acids is 1. The summed E-state index contributed by atoms with van der Waals surface area (Å²) in [5.41, 5.74) is 0.613. The lowest BCUT2D eigenvalue weighted by molar-refractivity contribution is 0.101. The number of carbonyl (C=O) groups is 1. The molecular formula is C10H10ClIO2. The maximum absolute atomic E-state index is 11.3. The van der Waals surface area contributed by atoms with Crippen LogP contribution in [0.3, 0.4) is 0 Å². The summed E-state index contributed by atoms with van der Waals surface area (Å²) in [5.74, 6) is 0.670.